The summed E-state index contributed by atoms with van der Waals surface area (Å²) in [4.78, 5) is 14.5. The topological polar surface area (TPSA) is 126 Å². The first-order chi connectivity index (χ1) is 13.8. The van der Waals surface area contributed by atoms with Gasteiger partial charge in [-0.15, -0.1) is 0 Å². The van der Waals surface area contributed by atoms with Crippen molar-refractivity contribution < 1.29 is 13.3 Å². The molecule has 0 saturated carbocycles. The number of nitro benzene ring substituents is 1. The van der Waals surface area contributed by atoms with Crippen LogP contribution in [0.3, 0.4) is 0 Å². The molecule has 2 aromatic rings. The van der Waals surface area contributed by atoms with Crippen molar-refractivity contribution in [2.45, 2.75) is 18.4 Å². The van der Waals surface area contributed by atoms with Gasteiger partial charge in [-0.25, -0.2) is 18.1 Å². The lowest BCUT2D eigenvalue weighted by atomic mass is 10.2. The van der Waals surface area contributed by atoms with E-state index in [9.17, 15) is 18.5 Å². The van der Waals surface area contributed by atoms with Gasteiger partial charge in [-0.2, -0.15) is 0 Å². The number of benzene rings is 2. The van der Waals surface area contributed by atoms with Crippen molar-refractivity contribution in [1.82, 2.24) is 15.4 Å². The fourth-order valence-electron chi connectivity index (χ4n) is 2.32. The molecule has 0 unspecified atom stereocenters. The van der Waals surface area contributed by atoms with Crippen LogP contribution in [-0.4, -0.2) is 38.9 Å². The molecule has 0 aliphatic carbocycles. The van der Waals surface area contributed by atoms with E-state index >= 15 is 0 Å². The molecule has 0 amide bonds. The zero-order valence-corrected chi connectivity index (χ0v) is 17.3. The van der Waals surface area contributed by atoms with Crippen molar-refractivity contribution in [3.63, 3.8) is 0 Å². The standard InChI is InChI=1S/C18H22ClN5O4S/c1-2-20-18(22-13-14-6-8-15(19)9-7-14)21-10-11-23-29(27,28)17-5-3-4-16(12-17)24(25)26/h3-9,12,23H,2,10-11,13H2,1H3,(H2,20,21,22). The number of hydrogen-bond donors (Lipinski definition) is 3. The van der Waals surface area contributed by atoms with Crippen LogP contribution in [0.2, 0.25) is 5.02 Å². The summed E-state index contributed by atoms with van der Waals surface area (Å²) in [7, 11) is -3.85. The number of guanidine groups is 1. The molecule has 0 aliphatic rings. The number of halogens is 1. The van der Waals surface area contributed by atoms with E-state index in [4.69, 9.17) is 11.6 Å². The van der Waals surface area contributed by atoms with Gasteiger partial charge < -0.3 is 10.6 Å². The molecule has 0 aliphatic heterocycles. The molecule has 2 rings (SSSR count). The average molecular weight is 440 g/mol. The Kier molecular flexibility index (Phi) is 8.37. The van der Waals surface area contributed by atoms with Gasteiger partial charge in [0, 0.05) is 36.8 Å². The monoisotopic (exact) mass is 439 g/mol. The summed E-state index contributed by atoms with van der Waals surface area (Å²) in [6.07, 6.45) is 0. The number of nitrogens with one attached hydrogen (secondary N) is 3. The Morgan fingerprint density at radius 2 is 1.86 bits per heavy atom. The molecule has 0 spiro atoms. The minimum Gasteiger partial charge on any atom is -0.357 e. The van der Waals surface area contributed by atoms with E-state index in [1.54, 1.807) is 12.1 Å². The molecular formula is C18H22ClN5O4S. The second-order valence-electron chi connectivity index (χ2n) is 5.90. The van der Waals surface area contributed by atoms with Gasteiger partial charge in [-0.3, -0.25) is 10.1 Å². The second kappa shape index (κ2) is 10.7. The number of hydrogen-bond acceptors (Lipinski definition) is 5. The highest BCUT2D eigenvalue weighted by Gasteiger charge is 2.17. The molecule has 0 fully saturated rings. The van der Waals surface area contributed by atoms with E-state index in [1.165, 1.54) is 18.2 Å². The highest BCUT2D eigenvalue weighted by atomic mass is 35.5. The minimum absolute atomic E-state index is 0.0797. The zero-order chi connectivity index (χ0) is 21.3. The molecule has 0 bridgehead atoms. The number of sulfonamides is 1. The fraction of sp³-hybridized carbons (Fsp3) is 0.278. The van der Waals surface area contributed by atoms with E-state index in [2.05, 4.69) is 20.3 Å². The summed E-state index contributed by atoms with van der Waals surface area (Å²) >= 11 is 5.86. The van der Waals surface area contributed by atoms with Crippen molar-refractivity contribution in [2.24, 2.45) is 4.99 Å². The molecule has 29 heavy (non-hydrogen) atoms. The SMILES string of the molecule is CCNC(=NCc1ccc(Cl)cc1)NCCNS(=O)(=O)c1cccc([N+](=O)[O-])c1. The predicted molar refractivity (Wildman–Crippen MR) is 113 cm³/mol. The number of nitrogens with zero attached hydrogens (tertiary/aromatic N) is 2. The Bertz CT molecular complexity index is 964. The van der Waals surface area contributed by atoms with E-state index in [0.29, 0.717) is 24.1 Å². The van der Waals surface area contributed by atoms with E-state index in [1.807, 2.05) is 19.1 Å². The summed E-state index contributed by atoms with van der Waals surface area (Å²) in [5, 5.41) is 17.6. The van der Waals surface area contributed by atoms with Gasteiger partial charge in [0.25, 0.3) is 5.69 Å². The minimum atomic E-state index is -3.85. The largest absolute Gasteiger partial charge is 0.357 e. The van der Waals surface area contributed by atoms with Crippen LogP contribution in [0.1, 0.15) is 12.5 Å². The van der Waals surface area contributed by atoms with E-state index < -0.39 is 14.9 Å². The van der Waals surface area contributed by atoms with E-state index in [0.717, 1.165) is 11.6 Å². The third-order valence-corrected chi connectivity index (χ3v) is 5.44. The quantitative estimate of drug-likeness (QED) is 0.181. The molecule has 0 atom stereocenters. The maximum Gasteiger partial charge on any atom is 0.270 e. The van der Waals surface area contributed by atoms with Crippen molar-refractivity contribution in [2.75, 3.05) is 19.6 Å². The number of non-ortho nitro benzene ring substituents is 1. The van der Waals surface area contributed by atoms with Gasteiger partial charge in [-0.1, -0.05) is 29.8 Å². The summed E-state index contributed by atoms with van der Waals surface area (Å²) in [6, 6.07) is 12.2. The molecule has 156 valence electrons. The summed E-state index contributed by atoms with van der Waals surface area (Å²) < 4.78 is 27.0. The molecule has 0 aromatic heterocycles. The number of aliphatic imine (C=N–C) groups is 1. The maximum atomic E-state index is 12.3. The average Bonchev–Trinajstić information content (AvgIpc) is 2.70. The Morgan fingerprint density at radius 1 is 1.14 bits per heavy atom. The van der Waals surface area contributed by atoms with Crippen LogP contribution in [0.15, 0.2) is 58.4 Å². The van der Waals surface area contributed by atoms with Crippen molar-refractivity contribution in [1.29, 1.82) is 0 Å². The Morgan fingerprint density at radius 3 is 2.52 bits per heavy atom. The van der Waals surface area contributed by atoms with Crippen LogP contribution in [0.25, 0.3) is 0 Å². The molecule has 9 nitrogen and oxygen atoms in total. The van der Waals surface area contributed by atoms with Crippen LogP contribution in [0, 0.1) is 10.1 Å². The van der Waals surface area contributed by atoms with Crippen LogP contribution in [-0.2, 0) is 16.6 Å². The van der Waals surface area contributed by atoms with Gasteiger partial charge in [0.05, 0.1) is 16.4 Å². The van der Waals surface area contributed by atoms with Crippen LogP contribution < -0.4 is 15.4 Å². The van der Waals surface area contributed by atoms with Crippen molar-refractivity contribution >= 4 is 33.3 Å². The van der Waals surface area contributed by atoms with Crippen LogP contribution >= 0.6 is 11.6 Å². The number of rotatable bonds is 9. The molecule has 0 saturated heterocycles. The van der Waals surface area contributed by atoms with Crippen molar-refractivity contribution in [3.05, 3.63) is 69.2 Å². The van der Waals surface area contributed by atoms with Gasteiger partial charge in [-0.05, 0) is 30.7 Å². The molecule has 0 heterocycles. The maximum absolute atomic E-state index is 12.3. The Labute approximate surface area is 174 Å². The van der Waals surface area contributed by atoms with Gasteiger partial charge >= 0.3 is 0 Å². The van der Waals surface area contributed by atoms with Crippen molar-refractivity contribution in [3.8, 4) is 0 Å². The van der Waals surface area contributed by atoms with Crippen LogP contribution in [0.4, 0.5) is 5.69 Å². The van der Waals surface area contributed by atoms with Gasteiger partial charge in [0.2, 0.25) is 10.0 Å². The third-order valence-electron chi connectivity index (χ3n) is 3.73. The normalized spacial score (nSPS) is 11.9. The summed E-state index contributed by atoms with van der Waals surface area (Å²) in [5.74, 6) is 0.539. The van der Waals surface area contributed by atoms with Gasteiger partial charge in [0.1, 0.15) is 0 Å². The van der Waals surface area contributed by atoms with Crippen LogP contribution in [0.5, 0.6) is 0 Å². The molecule has 2 aromatic carbocycles. The first-order valence-electron chi connectivity index (χ1n) is 8.82. The van der Waals surface area contributed by atoms with E-state index in [-0.39, 0.29) is 23.7 Å². The van der Waals surface area contributed by atoms with Gasteiger partial charge in [0.15, 0.2) is 5.96 Å². The number of nitro groups is 1. The Hall–Kier alpha value is -2.69. The second-order valence-corrected chi connectivity index (χ2v) is 8.10. The lowest BCUT2D eigenvalue weighted by molar-refractivity contribution is -0.385. The molecule has 0 radical (unpaired) electrons. The fourth-order valence-corrected chi connectivity index (χ4v) is 3.51. The molecular weight excluding hydrogens is 418 g/mol. The molecule has 11 heteroatoms. The smallest absolute Gasteiger partial charge is 0.270 e. The zero-order valence-electron chi connectivity index (χ0n) is 15.8. The Balaban J connectivity index is 1.90. The lowest BCUT2D eigenvalue weighted by Gasteiger charge is -2.12. The third kappa shape index (κ3) is 7.33. The first-order valence-corrected chi connectivity index (χ1v) is 10.7. The highest BCUT2D eigenvalue weighted by Crippen LogP contribution is 2.16. The molecule has 3 N–H and O–H groups in total. The summed E-state index contributed by atoms with van der Waals surface area (Å²) in [5.41, 5.74) is 0.702. The highest BCUT2D eigenvalue weighted by molar-refractivity contribution is 7.89. The predicted octanol–water partition coefficient (Wildman–Crippen LogP) is 2.28. The lowest BCUT2D eigenvalue weighted by Crippen LogP contribution is -2.41. The first kappa shape index (κ1) is 22.6. The summed E-state index contributed by atoms with van der Waals surface area (Å²) in [6.45, 7) is 3.36.